The molecule has 124 valence electrons. The van der Waals surface area contributed by atoms with Crippen LogP contribution in [-0.4, -0.2) is 49.9 Å². The van der Waals surface area contributed by atoms with Crippen LogP contribution in [-0.2, 0) is 22.8 Å². The summed E-state index contributed by atoms with van der Waals surface area (Å²) in [5.41, 5.74) is 0. The van der Waals surface area contributed by atoms with Crippen molar-refractivity contribution in [3.63, 3.8) is 0 Å². The van der Waals surface area contributed by atoms with Gasteiger partial charge in [-0.15, -0.1) is 11.3 Å². The summed E-state index contributed by atoms with van der Waals surface area (Å²) in [6.45, 7) is 7.41. The fraction of sp³-hybridized carbons (Fsp3) is 0.667. The van der Waals surface area contributed by atoms with Crippen LogP contribution in [0.3, 0.4) is 0 Å². The first-order valence-electron chi connectivity index (χ1n) is 7.54. The summed E-state index contributed by atoms with van der Waals surface area (Å²) in [7, 11) is -1.28. The summed E-state index contributed by atoms with van der Waals surface area (Å²) >= 11 is 1.80. The average Bonchev–Trinajstić information content (AvgIpc) is 2.91. The minimum absolute atomic E-state index is 0.180. The molecule has 0 aromatic carbocycles. The summed E-state index contributed by atoms with van der Waals surface area (Å²) in [6, 6.07) is 4.29. The Hall–Kier alpha value is -1.08. The van der Waals surface area contributed by atoms with Crippen molar-refractivity contribution in [3.05, 3.63) is 21.9 Å². The van der Waals surface area contributed by atoms with E-state index in [-0.39, 0.29) is 5.75 Å². The molecular formula is C15H25N3O2S2. The number of nitrogens with one attached hydrogen (secondary N) is 1. The quantitative estimate of drug-likeness (QED) is 0.672. The van der Waals surface area contributed by atoms with Crippen LogP contribution in [0, 0.1) is 0 Å². The second-order valence-electron chi connectivity index (χ2n) is 6.12. The SMILES string of the molecule is CCc1ccc(CNC(=NC)N2CCS(=O)(=O)C(C)(C)C2)s1. The van der Waals surface area contributed by atoms with Crippen LogP contribution >= 0.6 is 11.3 Å². The van der Waals surface area contributed by atoms with Gasteiger partial charge in [-0.05, 0) is 32.4 Å². The lowest BCUT2D eigenvalue weighted by Gasteiger charge is -2.39. The second-order valence-corrected chi connectivity index (χ2v) is 10.1. The van der Waals surface area contributed by atoms with Crippen molar-refractivity contribution in [2.75, 3.05) is 25.9 Å². The van der Waals surface area contributed by atoms with E-state index < -0.39 is 14.6 Å². The maximum atomic E-state index is 12.1. The predicted molar refractivity (Wildman–Crippen MR) is 93.3 cm³/mol. The maximum Gasteiger partial charge on any atom is 0.194 e. The van der Waals surface area contributed by atoms with Crippen molar-refractivity contribution in [3.8, 4) is 0 Å². The zero-order valence-electron chi connectivity index (χ0n) is 13.7. The lowest BCUT2D eigenvalue weighted by atomic mass is 10.2. The van der Waals surface area contributed by atoms with Crippen LogP contribution in [0.1, 0.15) is 30.5 Å². The van der Waals surface area contributed by atoms with Gasteiger partial charge in [0.1, 0.15) is 0 Å². The van der Waals surface area contributed by atoms with Gasteiger partial charge in [0.05, 0.1) is 17.0 Å². The lowest BCUT2D eigenvalue weighted by molar-refractivity contribution is 0.353. The van der Waals surface area contributed by atoms with E-state index in [1.807, 2.05) is 4.90 Å². The monoisotopic (exact) mass is 343 g/mol. The van der Waals surface area contributed by atoms with E-state index in [1.54, 1.807) is 32.2 Å². The molecule has 0 saturated carbocycles. The Morgan fingerprint density at radius 2 is 2.09 bits per heavy atom. The Balaban J connectivity index is 2.01. The number of guanidine groups is 1. The van der Waals surface area contributed by atoms with E-state index in [0.717, 1.165) is 18.9 Å². The van der Waals surface area contributed by atoms with Crippen LogP contribution in [0.4, 0.5) is 0 Å². The fourth-order valence-electron chi connectivity index (χ4n) is 2.53. The van der Waals surface area contributed by atoms with E-state index in [0.29, 0.717) is 13.1 Å². The summed E-state index contributed by atoms with van der Waals surface area (Å²) in [5.74, 6) is 0.953. The van der Waals surface area contributed by atoms with Crippen LogP contribution < -0.4 is 5.32 Å². The van der Waals surface area contributed by atoms with Crippen molar-refractivity contribution in [2.24, 2.45) is 4.99 Å². The van der Waals surface area contributed by atoms with Gasteiger partial charge < -0.3 is 10.2 Å². The smallest absolute Gasteiger partial charge is 0.194 e. The van der Waals surface area contributed by atoms with E-state index in [9.17, 15) is 8.42 Å². The third-order valence-electron chi connectivity index (χ3n) is 4.04. The Labute approximate surface area is 137 Å². The van der Waals surface area contributed by atoms with E-state index in [1.165, 1.54) is 9.75 Å². The van der Waals surface area contributed by atoms with Gasteiger partial charge in [-0.3, -0.25) is 4.99 Å². The molecule has 0 radical (unpaired) electrons. The molecule has 0 unspecified atom stereocenters. The van der Waals surface area contributed by atoms with Crippen molar-refractivity contribution in [1.82, 2.24) is 10.2 Å². The van der Waals surface area contributed by atoms with E-state index in [4.69, 9.17) is 0 Å². The Morgan fingerprint density at radius 1 is 1.41 bits per heavy atom. The van der Waals surface area contributed by atoms with Crippen LogP contribution in [0.25, 0.3) is 0 Å². The molecule has 1 aliphatic rings. The topological polar surface area (TPSA) is 61.8 Å². The van der Waals surface area contributed by atoms with Gasteiger partial charge in [0.15, 0.2) is 15.8 Å². The number of aryl methyl sites for hydroxylation is 1. The molecule has 1 aliphatic heterocycles. The van der Waals surface area contributed by atoms with Gasteiger partial charge >= 0.3 is 0 Å². The fourth-order valence-corrected chi connectivity index (χ4v) is 4.79. The Bertz CT molecular complexity index is 647. The summed E-state index contributed by atoms with van der Waals surface area (Å²) in [6.07, 6.45) is 1.05. The molecule has 1 aromatic rings. The van der Waals surface area contributed by atoms with Crippen molar-refractivity contribution >= 4 is 27.1 Å². The largest absolute Gasteiger partial charge is 0.351 e. The van der Waals surface area contributed by atoms with Gasteiger partial charge in [-0.25, -0.2) is 8.42 Å². The molecule has 1 saturated heterocycles. The number of sulfone groups is 1. The Kier molecular flexibility index (Phi) is 5.17. The molecule has 0 spiro atoms. The van der Waals surface area contributed by atoms with Crippen molar-refractivity contribution < 1.29 is 8.42 Å². The molecule has 1 fully saturated rings. The number of hydrogen-bond donors (Lipinski definition) is 1. The molecule has 22 heavy (non-hydrogen) atoms. The predicted octanol–water partition coefficient (Wildman–Crippen LogP) is 1.89. The number of hydrogen-bond acceptors (Lipinski definition) is 4. The van der Waals surface area contributed by atoms with Crippen LogP contribution in [0.15, 0.2) is 17.1 Å². The molecule has 0 amide bonds. The van der Waals surface area contributed by atoms with Gasteiger partial charge in [0, 0.05) is 29.9 Å². The lowest BCUT2D eigenvalue weighted by Crippen LogP contribution is -2.57. The molecule has 1 aromatic heterocycles. The highest BCUT2D eigenvalue weighted by Gasteiger charge is 2.40. The number of nitrogens with zero attached hydrogens (tertiary/aromatic N) is 2. The first kappa shape index (κ1) is 17.3. The van der Waals surface area contributed by atoms with E-state index in [2.05, 4.69) is 29.4 Å². The van der Waals surface area contributed by atoms with Crippen molar-refractivity contribution in [1.29, 1.82) is 0 Å². The number of thiophene rings is 1. The average molecular weight is 344 g/mol. The zero-order chi connectivity index (χ0) is 16.4. The number of aliphatic imine (C=N–C) groups is 1. The maximum absolute atomic E-state index is 12.1. The first-order valence-corrected chi connectivity index (χ1v) is 10.0. The minimum Gasteiger partial charge on any atom is -0.351 e. The molecule has 2 heterocycles. The van der Waals surface area contributed by atoms with Gasteiger partial charge in [-0.1, -0.05) is 6.92 Å². The normalized spacial score (nSPS) is 20.9. The summed E-state index contributed by atoms with van der Waals surface area (Å²) in [5, 5.41) is 3.35. The molecule has 7 heteroatoms. The molecule has 0 bridgehead atoms. The van der Waals surface area contributed by atoms with Gasteiger partial charge in [0.2, 0.25) is 0 Å². The second kappa shape index (κ2) is 6.58. The first-order chi connectivity index (χ1) is 10.3. The highest BCUT2D eigenvalue weighted by Crippen LogP contribution is 2.24. The van der Waals surface area contributed by atoms with Crippen molar-refractivity contribution in [2.45, 2.75) is 38.5 Å². The minimum atomic E-state index is -3.03. The molecule has 0 atom stereocenters. The molecule has 0 aliphatic carbocycles. The van der Waals surface area contributed by atoms with Crippen LogP contribution in [0.2, 0.25) is 0 Å². The highest BCUT2D eigenvalue weighted by molar-refractivity contribution is 7.92. The van der Waals surface area contributed by atoms with E-state index >= 15 is 0 Å². The van der Waals surface area contributed by atoms with Gasteiger partial charge in [-0.2, -0.15) is 0 Å². The number of rotatable bonds is 3. The Morgan fingerprint density at radius 3 is 2.64 bits per heavy atom. The summed E-state index contributed by atoms with van der Waals surface area (Å²) in [4.78, 5) is 8.98. The highest BCUT2D eigenvalue weighted by atomic mass is 32.2. The summed E-state index contributed by atoms with van der Waals surface area (Å²) < 4.78 is 23.4. The zero-order valence-corrected chi connectivity index (χ0v) is 15.4. The van der Waals surface area contributed by atoms with Gasteiger partial charge in [0.25, 0.3) is 0 Å². The molecule has 5 nitrogen and oxygen atoms in total. The molecule has 2 rings (SSSR count). The third kappa shape index (κ3) is 3.63. The molecular weight excluding hydrogens is 318 g/mol. The molecule has 1 N–H and O–H groups in total. The van der Waals surface area contributed by atoms with Crippen LogP contribution in [0.5, 0.6) is 0 Å². The third-order valence-corrected chi connectivity index (χ3v) is 7.80. The standard InChI is InChI=1S/C15H25N3O2S2/c1-5-12-6-7-13(21-12)10-17-14(16-4)18-8-9-22(19,20)15(2,3)11-18/h6-7H,5,8-11H2,1-4H3,(H,16,17).